The molecule has 0 saturated carbocycles. The van der Waals surface area contributed by atoms with Gasteiger partial charge >= 0.3 is 0 Å². The third kappa shape index (κ3) is 3.82. The van der Waals surface area contributed by atoms with E-state index in [1.807, 2.05) is 6.92 Å². The number of hydrogen-bond donors (Lipinski definition) is 2. The molecule has 0 atom stereocenters. The van der Waals surface area contributed by atoms with Crippen LogP contribution in [0.3, 0.4) is 0 Å². The summed E-state index contributed by atoms with van der Waals surface area (Å²) in [6, 6.07) is 6.54. The molecule has 3 N–H and O–H groups in total. The van der Waals surface area contributed by atoms with Crippen molar-refractivity contribution in [2.75, 3.05) is 4.72 Å². The van der Waals surface area contributed by atoms with Crippen molar-refractivity contribution >= 4 is 47.7 Å². The normalized spacial score (nSPS) is 11.4. The number of sulfonamides is 1. The molecule has 0 aliphatic carbocycles. The minimum atomic E-state index is -3.71. The average Bonchev–Trinajstić information content (AvgIpc) is 2.42. The Morgan fingerprint density at radius 3 is 2.52 bits per heavy atom. The molecule has 21 heavy (non-hydrogen) atoms. The van der Waals surface area contributed by atoms with Crippen LogP contribution in [0.25, 0.3) is 0 Å². The van der Waals surface area contributed by atoms with Gasteiger partial charge in [0.05, 0.1) is 0 Å². The minimum Gasteiger partial charge on any atom is -0.326 e. The fourth-order valence-corrected chi connectivity index (χ4v) is 4.02. The summed E-state index contributed by atoms with van der Waals surface area (Å²) in [6.07, 6.45) is 1.56. The Morgan fingerprint density at radius 1 is 1.24 bits per heavy atom. The van der Waals surface area contributed by atoms with E-state index < -0.39 is 10.0 Å². The van der Waals surface area contributed by atoms with Crippen molar-refractivity contribution in [3.63, 3.8) is 0 Å². The van der Waals surface area contributed by atoms with Crippen molar-refractivity contribution in [3.05, 3.63) is 50.5 Å². The Morgan fingerprint density at radius 2 is 1.95 bits per heavy atom. The van der Waals surface area contributed by atoms with Gasteiger partial charge in [-0.25, -0.2) is 13.4 Å². The van der Waals surface area contributed by atoms with E-state index >= 15 is 0 Å². The lowest BCUT2D eigenvalue weighted by Crippen LogP contribution is -2.15. The van der Waals surface area contributed by atoms with Gasteiger partial charge < -0.3 is 5.73 Å². The lowest BCUT2D eigenvalue weighted by atomic mass is 10.2. The second kappa shape index (κ2) is 6.43. The first-order chi connectivity index (χ1) is 9.83. The smallest absolute Gasteiger partial charge is 0.264 e. The van der Waals surface area contributed by atoms with Crippen molar-refractivity contribution in [2.24, 2.45) is 5.73 Å². The Balaban J connectivity index is 2.36. The third-order valence-corrected chi connectivity index (χ3v) is 5.97. The molecule has 0 amide bonds. The number of rotatable bonds is 4. The maximum atomic E-state index is 12.4. The standard InChI is InChI=1S/C13H13Br2N3O2S/c1-8-4-13(17-7-11(8)15)18-21(19,20)12-3-2-9(6-16)5-10(12)14/h2-5,7H,6,16H2,1H3,(H,17,18). The largest absolute Gasteiger partial charge is 0.326 e. The molecule has 5 nitrogen and oxygen atoms in total. The highest BCUT2D eigenvalue weighted by atomic mass is 79.9. The Hall–Kier alpha value is -0.960. The van der Waals surface area contributed by atoms with Crippen LogP contribution in [0.1, 0.15) is 11.1 Å². The number of nitrogens with two attached hydrogens (primary N) is 1. The van der Waals surface area contributed by atoms with E-state index in [1.165, 1.54) is 6.07 Å². The van der Waals surface area contributed by atoms with Crippen LogP contribution < -0.4 is 10.5 Å². The number of anilines is 1. The van der Waals surface area contributed by atoms with Crippen molar-refractivity contribution < 1.29 is 8.42 Å². The van der Waals surface area contributed by atoms with E-state index in [-0.39, 0.29) is 10.7 Å². The summed E-state index contributed by atoms with van der Waals surface area (Å²) in [5.41, 5.74) is 7.27. The molecule has 8 heteroatoms. The lowest BCUT2D eigenvalue weighted by molar-refractivity contribution is 0.600. The molecule has 0 radical (unpaired) electrons. The van der Waals surface area contributed by atoms with E-state index in [4.69, 9.17) is 5.73 Å². The van der Waals surface area contributed by atoms with Gasteiger partial charge in [0.2, 0.25) is 0 Å². The van der Waals surface area contributed by atoms with E-state index in [0.717, 1.165) is 15.6 Å². The highest BCUT2D eigenvalue weighted by molar-refractivity contribution is 9.10. The van der Waals surface area contributed by atoms with Crippen LogP contribution in [-0.2, 0) is 16.6 Å². The molecule has 2 rings (SSSR count). The van der Waals surface area contributed by atoms with Gasteiger partial charge in [0.15, 0.2) is 0 Å². The molecule has 1 aromatic heterocycles. The van der Waals surface area contributed by atoms with Crippen molar-refractivity contribution in [1.29, 1.82) is 0 Å². The molecular formula is C13H13Br2N3O2S. The summed E-state index contributed by atoms with van der Waals surface area (Å²) in [6.45, 7) is 2.20. The Kier molecular flexibility index (Phi) is 5.03. The number of halogens is 2. The quantitative estimate of drug-likeness (QED) is 0.773. The summed E-state index contributed by atoms with van der Waals surface area (Å²) in [4.78, 5) is 4.18. The van der Waals surface area contributed by atoms with Crippen molar-refractivity contribution in [1.82, 2.24) is 4.98 Å². The van der Waals surface area contributed by atoms with Gasteiger partial charge in [-0.2, -0.15) is 0 Å². The topological polar surface area (TPSA) is 85.1 Å². The second-order valence-electron chi connectivity index (χ2n) is 4.39. The molecule has 0 unspecified atom stereocenters. The van der Waals surface area contributed by atoms with E-state index in [0.29, 0.717) is 11.0 Å². The molecule has 1 aromatic carbocycles. The molecule has 0 saturated heterocycles. The van der Waals surface area contributed by atoms with Gasteiger partial charge in [0, 0.05) is 21.7 Å². The van der Waals surface area contributed by atoms with Crippen LogP contribution in [0.2, 0.25) is 0 Å². The molecule has 0 bridgehead atoms. The third-order valence-electron chi connectivity index (χ3n) is 2.81. The predicted octanol–water partition coefficient (Wildman–Crippen LogP) is 3.17. The fraction of sp³-hybridized carbons (Fsp3) is 0.154. The number of aryl methyl sites for hydroxylation is 1. The number of hydrogen-bond acceptors (Lipinski definition) is 4. The summed E-state index contributed by atoms with van der Waals surface area (Å²) in [7, 11) is -3.71. The molecule has 0 aliphatic rings. The zero-order chi connectivity index (χ0) is 15.6. The molecule has 0 fully saturated rings. The number of benzene rings is 1. The maximum absolute atomic E-state index is 12.4. The number of nitrogens with one attached hydrogen (secondary N) is 1. The lowest BCUT2D eigenvalue weighted by Gasteiger charge is -2.10. The van der Waals surface area contributed by atoms with Crippen LogP contribution in [-0.4, -0.2) is 13.4 Å². The van der Waals surface area contributed by atoms with Crippen LogP contribution in [0.4, 0.5) is 5.82 Å². The van der Waals surface area contributed by atoms with Gasteiger partial charge in [0.25, 0.3) is 10.0 Å². The molecular weight excluding hydrogens is 422 g/mol. The van der Waals surface area contributed by atoms with Crippen LogP contribution >= 0.6 is 31.9 Å². The zero-order valence-corrected chi connectivity index (χ0v) is 15.1. The zero-order valence-electron chi connectivity index (χ0n) is 11.1. The molecule has 0 spiro atoms. The van der Waals surface area contributed by atoms with E-state index in [2.05, 4.69) is 41.6 Å². The van der Waals surface area contributed by atoms with Crippen LogP contribution in [0.5, 0.6) is 0 Å². The molecule has 1 heterocycles. The number of aromatic nitrogens is 1. The second-order valence-corrected chi connectivity index (χ2v) is 7.75. The van der Waals surface area contributed by atoms with Crippen LogP contribution in [0.15, 0.2) is 44.3 Å². The number of pyridine rings is 1. The van der Waals surface area contributed by atoms with E-state index in [1.54, 1.807) is 24.4 Å². The van der Waals surface area contributed by atoms with Gasteiger partial charge in [0.1, 0.15) is 10.7 Å². The summed E-state index contributed by atoms with van der Waals surface area (Å²) in [5, 5.41) is 0. The average molecular weight is 435 g/mol. The van der Waals surface area contributed by atoms with Gasteiger partial charge in [-0.1, -0.05) is 6.07 Å². The maximum Gasteiger partial charge on any atom is 0.264 e. The molecule has 0 aliphatic heterocycles. The van der Waals surface area contributed by atoms with Crippen molar-refractivity contribution in [2.45, 2.75) is 18.4 Å². The summed E-state index contributed by atoms with van der Waals surface area (Å²) >= 11 is 6.58. The first-order valence-corrected chi connectivity index (χ1v) is 9.04. The highest BCUT2D eigenvalue weighted by Gasteiger charge is 2.18. The molecule has 2 aromatic rings. The Bertz CT molecular complexity index is 779. The Labute approximate surface area is 140 Å². The first kappa shape index (κ1) is 16.4. The highest BCUT2D eigenvalue weighted by Crippen LogP contribution is 2.26. The first-order valence-electron chi connectivity index (χ1n) is 5.97. The van der Waals surface area contributed by atoms with Crippen LogP contribution in [0, 0.1) is 6.92 Å². The van der Waals surface area contributed by atoms with E-state index in [9.17, 15) is 8.42 Å². The monoisotopic (exact) mass is 433 g/mol. The molecule has 112 valence electrons. The van der Waals surface area contributed by atoms with Gasteiger partial charge in [-0.15, -0.1) is 0 Å². The van der Waals surface area contributed by atoms with Crippen molar-refractivity contribution in [3.8, 4) is 0 Å². The number of nitrogens with zero attached hydrogens (tertiary/aromatic N) is 1. The minimum absolute atomic E-state index is 0.141. The summed E-state index contributed by atoms with van der Waals surface area (Å²) in [5.74, 6) is 0.269. The van der Waals surface area contributed by atoms with Gasteiger partial charge in [-0.05, 0) is 68.1 Å². The summed E-state index contributed by atoms with van der Waals surface area (Å²) < 4.78 is 28.5. The van der Waals surface area contributed by atoms with Gasteiger partial charge in [-0.3, -0.25) is 4.72 Å². The fourth-order valence-electron chi connectivity index (χ4n) is 1.68. The predicted molar refractivity (Wildman–Crippen MR) is 89.5 cm³/mol. The SMILES string of the molecule is Cc1cc(NS(=O)(=O)c2ccc(CN)cc2Br)ncc1Br.